The first-order chi connectivity index (χ1) is 18.0. The fraction of sp³-hybridized carbons (Fsp3) is 0.655. The van der Waals surface area contributed by atoms with E-state index < -0.39 is 47.0 Å². The molecule has 39 heavy (non-hydrogen) atoms. The number of hydrogen-bond donors (Lipinski definition) is 1. The summed E-state index contributed by atoms with van der Waals surface area (Å²) in [4.78, 5) is 49.6. The van der Waals surface area contributed by atoms with Gasteiger partial charge in [0.05, 0.1) is 17.4 Å². The summed E-state index contributed by atoms with van der Waals surface area (Å²) in [5.74, 6) is -1.34. The summed E-state index contributed by atoms with van der Waals surface area (Å²) in [6, 6.07) is 3.62. The lowest BCUT2D eigenvalue weighted by Gasteiger charge is -2.23. The molecule has 0 radical (unpaired) electrons. The van der Waals surface area contributed by atoms with E-state index in [2.05, 4.69) is 0 Å². The molecule has 0 aliphatic carbocycles. The summed E-state index contributed by atoms with van der Waals surface area (Å²) < 4.78 is 26.4. The predicted octanol–water partition coefficient (Wildman–Crippen LogP) is 4.98. The summed E-state index contributed by atoms with van der Waals surface area (Å²) in [6.07, 6.45) is -0.433. The molecule has 1 aromatic rings. The Kier molecular flexibility index (Phi) is 12.9. The Morgan fingerprint density at radius 2 is 1.33 bits per heavy atom. The van der Waals surface area contributed by atoms with Crippen LogP contribution in [-0.2, 0) is 35.0 Å². The number of benzene rings is 1. The van der Waals surface area contributed by atoms with E-state index in [1.807, 2.05) is 27.7 Å². The fourth-order valence-electron chi connectivity index (χ4n) is 2.73. The zero-order chi connectivity index (χ0) is 30.0. The molecule has 220 valence electrons. The first kappa shape index (κ1) is 33.9. The van der Waals surface area contributed by atoms with Gasteiger partial charge in [-0.3, -0.25) is 14.4 Å². The van der Waals surface area contributed by atoms with Gasteiger partial charge in [0.25, 0.3) is 0 Å². The Labute approximate surface area is 231 Å². The number of carbonyl (C=O) groups is 4. The normalized spacial score (nSPS) is 13.3. The minimum Gasteiger partial charge on any atom is -0.458 e. The molecule has 2 atom stereocenters. The number of ether oxygens (including phenoxy) is 5. The number of carbonyl (C=O) groups excluding carboxylic acids is 4. The zero-order valence-corrected chi connectivity index (χ0v) is 24.8. The van der Waals surface area contributed by atoms with Crippen LogP contribution in [0.3, 0.4) is 0 Å². The van der Waals surface area contributed by atoms with Crippen LogP contribution < -0.4 is 15.2 Å². The van der Waals surface area contributed by atoms with E-state index in [1.165, 1.54) is 12.1 Å². The molecule has 0 unspecified atom stereocenters. The molecule has 10 heteroatoms. The molecule has 0 amide bonds. The van der Waals surface area contributed by atoms with Crippen LogP contribution in [0.2, 0.25) is 0 Å². The van der Waals surface area contributed by atoms with Crippen LogP contribution in [0.15, 0.2) is 18.2 Å². The third kappa shape index (κ3) is 11.2. The maximum Gasteiger partial charge on any atom is 0.508 e. The SMILES string of the molecule is CCC(C)(C)C(=O)Oc1ccc(C[C@H](N)C(=O)O[C@@H](C)COC(=O)OCC(C)C)cc1OC(=O)C(C)(C)CC. The molecule has 0 saturated carbocycles. The standard InChI is InChI=1S/C29H45NO9/c1-10-28(6,7)25(32)38-22-13-12-20(15-23(22)39-26(33)29(8,9)11-2)14-21(30)24(31)37-19(5)17-36-27(34)35-16-18(3)4/h12-13,15,18-19,21H,10-11,14,16-17,30H2,1-9H3/t19-,21-/m0/s1. The van der Waals surface area contributed by atoms with Gasteiger partial charge in [0.15, 0.2) is 11.5 Å². The highest BCUT2D eigenvalue weighted by Crippen LogP contribution is 2.34. The average Bonchev–Trinajstić information content (AvgIpc) is 2.87. The maximum atomic E-state index is 12.8. The van der Waals surface area contributed by atoms with E-state index in [4.69, 9.17) is 29.4 Å². The molecule has 10 nitrogen and oxygen atoms in total. The molecule has 0 aliphatic heterocycles. The second kappa shape index (κ2) is 14.9. The lowest BCUT2D eigenvalue weighted by molar-refractivity contribution is -0.152. The minimum atomic E-state index is -1.05. The summed E-state index contributed by atoms with van der Waals surface area (Å²) in [5, 5.41) is 0. The number of rotatable bonds is 14. The van der Waals surface area contributed by atoms with Gasteiger partial charge < -0.3 is 29.4 Å². The first-order valence-corrected chi connectivity index (χ1v) is 13.4. The van der Waals surface area contributed by atoms with Gasteiger partial charge in [-0.2, -0.15) is 0 Å². The van der Waals surface area contributed by atoms with Gasteiger partial charge in [0.2, 0.25) is 0 Å². The van der Waals surface area contributed by atoms with Gasteiger partial charge in [0, 0.05) is 0 Å². The smallest absolute Gasteiger partial charge is 0.458 e. The molecular formula is C29H45NO9. The fourth-order valence-corrected chi connectivity index (χ4v) is 2.73. The van der Waals surface area contributed by atoms with E-state index in [1.54, 1.807) is 40.7 Å². The second-order valence-electron chi connectivity index (χ2n) is 11.4. The summed E-state index contributed by atoms with van der Waals surface area (Å²) >= 11 is 0. The molecule has 1 rings (SSSR count). The van der Waals surface area contributed by atoms with Crippen LogP contribution in [0.25, 0.3) is 0 Å². The molecule has 1 aromatic carbocycles. The van der Waals surface area contributed by atoms with Crippen LogP contribution in [0.5, 0.6) is 11.5 Å². The van der Waals surface area contributed by atoms with Crippen molar-refractivity contribution < 1.29 is 42.9 Å². The number of esters is 3. The third-order valence-electron chi connectivity index (χ3n) is 6.33. The van der Waals surface area contributed by atoms with Gasteiger partial charge in [-0.1, -0.05) is 33.8 Å². The molecule has 0 spiro atoms. The zero-order valence-electron chi connectivity index (χ0n) is 24.8. The van der Waals surface area contributed by atoms with Crippen LogP contribution in [0.4, 0.5) is 4.79 Å². The molecule has 0 aliphatic rings. The monoisotopic (exact) mass is 551 g/mol. The molecule has 0 bridgehead atoms. The van der Waals surface area contributed by atoms with E-state index in [0.29, 0.717) is 18.4 Å². The van der Waals surface area contributed by atoms with Crippen molar-refractivity contribution in [2.75, 3.05) is 13.2 Å². The van der Waals surface area contributed by atoms with Crippen LogP contribution in [-0.4, -0.2) is 49.4 Å². The topological polar surface area (TPSA) is 140 Å². The van der Waals surface area contributed by atoms with Crippen molar-refractivity contribution in [2.45, 2.75) is 93.7 Å². The Bertz CT molecular complexity index is 1000. The maximum absolute atomic E-state index is 12.8. The van der Waals surface area contributed by atoms with E-state index in [0.717, 1.165) is 0 Å². The molecular weight excluding hydrogens is 506 g/mol. The first-order valence-electron chi connectivity index (χ1n) is 13.4. The van der Waals surface area contributed by atoms with Crippen LogP contribution >= 0.6 is 0 Å². The van der Waals surface area contributed by atoms with Crippen LogP contribution in [0.1, 0.15) is 80.7 Å². The van der Waals surface area contributed by atoms with Crippen molar-refractivity contribution in [1.82, 2.24) is 0 Å². The quantitative estimate of drug-likeness (QED) is 0.248. The lowest BCUT2D eigenvalue weighted by atomic mass is 9.90. The van der Waals surface area contributed by atoms with Crippen molar-refractivity contribution in [1.29, 1.82) is 0 Å². The van der Waals surface area contributed by atoms with E-state index in [9.17, 15) is 19.2 Å². The molecule has 0 saturated heterocycles. The van der Waals surface area contributed by atoms with Gasteiger partial charge >= 0.3 is 24.1 Å². The Hall–Kier alpha value is -3.14. The number of hydrogen-bond acceptors (Lipinski definition) is 10. The Balaban J connectivity index is 2.96. The van der Waals surface area contributed by atoms with Gasteiger partial charge in [0.1, 0.15) is 18.8 Å². The van der Waals surface area contributed by atoms with E-state index in [-0.39, 0.29) is 37.1 Å². The van der Waals surface area contributed by atoms with Crippen molar-refractivity contribution in [3.63, 3.8) is 0 Å². The summed E-state index contributed by atoms with van der Waals surface area (Å²) in [5.41, 5.74) is 5.13. The Morgan fingerprint density at radius 3 is 1.85 bits per heavy atom. The summed E-state index contributed by atoms with van der Waals surface area (Å²) in [6.45, 7) is 16.2. The van der Waals surface area contributed by atoms with E-state index >= 15 is 0 Å². The average molecular weight is 552 g/mol. The van der Waals surface area contributed by atoms with Crippen LogP contribution in [0, 0.1) is 16.7 Å². The molecule has 0 heterocycles. The highest BCUT2D eigenvalue weighted by Gasteiger charge is 2.31. The molecule has 2 N–H and O–H groups in total. The van der Waals surface area contributed by atoms with Gasteiger partial charge in [-0.05, 0) is 77.5 Å². The van der Waals surface area contributed by atoms with Crippen molar-refractivity contribution in [3.05, 3.63) is 23.8 Å². The largest absolute Gasteiger partial charge is 0.508 e. The minimum absolute atomic E-state index is 0.0548. The van der Waals surface area contributed by atoms with Crippen molar-refractivity contribution >= 4 is 24.1 Å². The predicted molar refractivity (Wildman–Crippen MR) is 145 cm³/mol. The molecule has 0 aromatic heterocycles. The van der Waals surface area contributed by atoms with Crippen molar-refractivity contribution in [2.24, 2.45) is 22.5 Å². The highest BCUT2D eigenvalue weighted by atomic mass is 16.7. The van der Waals surface area contributed by atoms with Gasteiger partial charge in [-0.25, -0.2) is 4.79 Å². The Morgan fingerprint density at radius 1 is 0.821 bits per heavy atom. The molecule has 0 fully saturated rings. The highest BCUT2D eigenvalue weighted by molar-refractivity contribution is 5.81. The second-order valence-corrected chi connectivity index (χ2v) is 11.4. The van der Waals surface area contributed by atoms with Gasteiger partial charge in [-0.15, -0.1) is 0 Å². The van der Waals surface area contributed by atoms with Crippen molar-refractivity contribution in [3.8, 4) is 11.5 Å². The summed E-state index contributed by atoms with van der Waals surface area (Å²) in [7, 11) is 0. The third-order valence-corrected chi connectivity index (χ3v) is 6.33. The lowest BCUT2D eigenvalue weighted by Crippen LogP contribution is -2.37. The number of nitrogens with two attached hydrogens (primary N) is 1.